The van der Waals surface area contributed by atoms with Crippen LogP contribution in [0.1, 0.15) is 42.6 Å². The third-order valence-corrected chi connectivity index (χ3v) is 6.29. The molecule has 0 spiro atoms. The highest BCUT2D eigenvalue weighted by Gasteiger charge is 2.34. The van der Waals surface area contributed by atoms with Gasteiger partial charge in [-0.25, -0.2) is 4.79 Å². The Morgan fingerprint density at radius 3 is 1.89 bits per heavy atom. The lowest BCUT2D eigenvalue weighted by molar-refractivity contribution is -0.154. The van der Waals surface area contributed by atoms with Gasteiger partial charge in [-0.1, -0.05) is 49.7 Å². The summed E-state index contributed by atoms with van der Waals surface area (Å²) >= 11 is 0. The zero-order chi connectivity index (χ0) is 27.7. The molecule has 38 heavy (non-hydrogen) atoms. The highest BCUT2D eigenvalue weighted by atomic mass is 16.5. The molecule has 0 aliphatic rings. The van der Waals surface area contributed by atoms with Crippen LogP contribution in [-0.2, 0) is 11.2 Å². The fraction of sp³-hybridized carbons (Fsp3) is 0.333. The van der Waals surface area contributed by atoms with Crippen LogP contribution in [0.15, 0.2) is 60.7 Å². The highest BCUT2D eigenvalue weighted by molar-refractivity contribution is 5.95. The lowest BCUT2D eigenvalue weighted by Gasteiger charge is -2.26. The molecule has 1 atom stereocenters. The van der Waals surface area contributed by atoms with Crippen molar-refractivity contribution in [2.24, 2.45) is 0 Å². The van der Waals surface area contributed by atoms with Crippen molar-refractivity contribution in [3.63, 3.8) is 0 Å². The minimum Gasteiger partial charge on any atom is -0.493 e. The summed E-state index contributed by atoms with van der Waals surface area (Å²) in [5.41, 5.74) is 2.26. The number of ether oxygens (including phenoxy) is 4. The Balaban J connectivity index is 1.59. The van der Waals surface area contributed by atoms with Gasteiger partial charge in [0.25, 0.3) is 5.91 Å². The van der Waals surface area contributed by atoms with Crippen LogP contribution in [0.25, 0.3) is 11.1 Å². The number of carbonyl (C=O) groups is 2. The number of amides is 1. The van der Waals surface area contributed by atoms with Gasteiger partial charge in [-0.2, -0.15) is 0 Å². The number of nitrogens with one attached hydrogen (secondary N) is 1. The largest absolute Gasteiger partial charge is 0.493 e. The van der Waals surface area contributed by atoms with Crippen LogP contribution in [0.2, 0.25) is 0 Å². The maximum atomic E-state index is 12.7. The molecule has 2 N–H and O–H groups in total. The summed E-state index contributed by atoms with van der Waals surface area (Å²) in [7, 11) is 4.53. The van der Waals surface area contributed by atoms with E-state index in [0.717, 1.165) is 16.7 Å². The molecule has 3 rings (SSSR count). The number of aliphatic carboxylic acids is 1. The van der Waals surface area contributed by atoms with Gasteiger partial charge in [0, 0.05) is 12.1 Å². The molecule has 0 saturated heterocycles. The van der Waals surface area contributed by atoms with Gasteiger partial charge in [0.2, 0.25) is 11.4 Å². The van der Waals surface area contributed by atoms with Gasteiger partial charge in [-0.15, -0.1) is 0 Å². The summed E-state index contributed by atoms with van der Waals surface area (Å²) < 4.78 is 21.7. The molecule has 3 aromatic carbocycles. The van der Waals surface area contributed by atoms with Crippen molar-refractivity contribution in [3.8, 4) is 34.1 Å². The zero-order valence-electron chi connectivity index (χ0n) is 22.5. The first-order valence-corrected chi connectivity index (χ1v) is 12.4. The van der Waals surface area contributed by atoms with E-state index in [1.807, 2.05) is 43.3 Å². The molecule has 1 unspecified atom stereocenters. The maximum absolute atomic E-state index is 12.7. The molecule has 0 aliphatic heterocycles. The van der Waals surface area contributed by atoms with Gasteiger partial charge in [0.1, 0.15) is 5.75 Å². The first kappa shape index (κ1) is 28.4. The monoisotopic (exact) mass is 521 g/mol. The van der Waals surface area contributed by atoms with Gasteiger partial charge in [-0.3, -0.25) is 4.79 Å². The van der Waals surface area contributed by atoms with Crippen molar-refractivity contribution < 1.29 is 33.6 Å². The van der Waals surface area contributed by atoms with Crippen LogP contribution in [0.3, 0.4) is 0 Å². The van der Waals surface area contributed by atoms with Crippen LogP contribution < -0.4 is 24.3 Å². The van der Waals surface area contributed by atoms with Crippen molar-refractivity contribution in [2.45, 2.75) is 38.7 Å². The molecule has 1 amide bonds. The normalized spacial score (nSPS) is 12.2. The summed E-state index contributed by atoms with van der Waals surface area (Å²) in [6, 6.07) is 18.7. The Hall–Kier alpha value is -4.20. The number of rotatable bonds is 13. The number of carboxylic acids is 1. The van der Waals surface area contributed by atoms with E-state index in [0.29, 0.717) is 54.4 Å². The molecule has 0 aliphatic carbocycles. The Morgan fingerprint density at radius 2 is 1.42 bits per heavy atom. The van der Waals surface area contributed by atoms with E-state index in [-0.39, 0.29) is 5.91 Å². The molecule has 0 radical (unpaired) electrons. The van der Waals surface area contributed by atoms with Crippen LogP contribution in [0.4, 0.5) is 0 Å². The van der Waals surface area contributed by atoms with E-state index in [1.54, 1.807) is 31.2 Å². The third kappa shape index (κ3) is 6.76. The molecule has 0 aromatic heterocycles. The molecule has 202 valence electrons. The first-order chi connectivity index (χ1) is 18.2. The molecular formula is C30H35NO7. The predicted molar refractivity (Wildman–Crippen MR) is 146 cm³/mol. The van der Waals surface area contributed by atoms with Crippen molar-refractivity contribution in [2.75, 3.05) is 27.9 Å². The number of hydrogen-bond acceptors (Lipinski definition) is 6. The summed E-state index contributed by atoms with van der Waals surface area (Å²) in [5.74, 6) is 0.587. The quantitative estimate of drug-likeness (QED) is 0.311. The Bertz CT molecular complexity index is 1210. The fourth-order valence-electron chi connectivity index (χ4n) is 4.15. The van der Waals surface area contributed by atoms with Gasteiger partial charge in [0.15, 0.2) is 11.5 Å². The van der Waals surface area contributed by atoms with Gasteiger partial charge >= 0.3 is 5.97 Å². The summed E-state index contributed by atoms with van der Waals surface area (Å²) in [6.07, 6.45) is 1.80. The summed E-state index contributed by atoms with van der Waals surface area (Å²) in [5, 5.41) is 12.5. The number of carboxylic acid groups (broad SMARTS) is 1. The molecule has 0 fully saturated rings. The number of methoxy groups -OCH3 is 3. The molecule has 0 heterocycles. The van der Waals surface area contributed by atoms with Crippen LogP contribution in [0, 0.1) is 0 Å². The van der Waals surface area contributed by atoms with E-state index < -0.39 is 11.6 Å². The topological polar surface area (TPSA) is 103 Å². The molecule has 8 heteroatoms. The van der Waals surface area contributed by atoms with Gasteiger partial charge < -0.3 is 29.4 Å². The van der Waals surface area contributed by atoms with E-state index in [1.165, 1.54) is 21.3 Å². The molecule has 3 aromatic rings. The van der Waals surface area contributed by atoms with E-state index in [2.05, 4.69) is 5.32 Å². The minimum atomic E-state index is -1.25. The highest BCUT2D eigenvalue weighted by Crippen LogP contribution is 2.38. The van der Waals surface area contributed by atoms with Crippen molar-refractivity contribution in [1.29, 1.82) is 0 Å². The van der Waals surface area contributed by atoms with Gasteiger partial charge in [0.05, 0.1) is 21.3 Å². The minimum absolute atomic E-state index is 0.235. The SMILES string of the molecule is CCCC(C)(Oc1ccc(-c2ccc(CCNC(=O)c3cc(OC)c(OC)c(OC)c3)cc2)cc1)C(=O)O. The Labute approximate surface area is 223 Å². The van der Waals surface area contributed by atoms with Gasteiger partial charge in [-0.05, 0) is 60.7 Å². The van der Waals surface area contributed by atoms with E-state index in [4.69, 9.17) is 18.9 Å². The number of hydrogen-bond donors (Lipinski definition) is 2. The number of carbonyl (C=O) groups excluding carboxylic acids is 1. The molecular weight excluding hydrogens is 486 g/mol. The predicted octanol–water partition coefficient (Wildman–Crippen LogP) is 5.37. The lowest BCUT2D eigenvalue weighted by Crippen LogP contribution is -2.41. The number of benzene rings is 3. The zero-order valence-corrected chi connectivity index (χ0v) is 22.5. The second-order valence-electron chi connectivity index (χ2n) is 9.03. The van der Waals surface area contributed by atoms with Crippen molar-refractivity contribution in [3.05, 3.63) is 71.8 Å². The fourth-order valence-corrected chi connectivity index (χ4v) is 4.15. The smallest absolute Gasteiger partial charge is 0.347 e. The Morgan fingerprint density at radius 1 is 0.868 bits per heavy atom. The average molecular weight is 522 g/mol. The van der Waals surface area contributed by atoms with Crippen LogP contribution in [0.5, 0.6) is 23.0 Å². The maximum Gasteiger partial charge on any atom is 0.347 e. The average Bonchev–Trinajstić information content (AvgIpc) is 2.93. The second-order valence-corrected chi connectivity index (χ2v) is 9.03. The van der Waals surface area contributed by atoms with E-state index in [9.17, 15) is 14.7 Å². The second kappa shape index (κ2) is 12.9. The van der Waals surface area contributed by atoms with Crippen LogP contribution >= 0.6 is 0 Å². The molecule has 8 nitrogen and oxygen atoms in total. The summed E-state index contributed by atoms with van der Waals surface area (Å²) in [4.78, 5) is 24.3. The Kier molecular flexibility index (Phi) is 9.60. The van der Waals surface area contributed by atoms with Crippen molar-refractivity contribution in [1.82, 2.24) is 5.32 Å². The lowest BCUT2D eigenvalue weighted by atomic mass is 10.00. The van der Waals surface area contributed by atoms with E-state index >= 15 is 0 Å². The van der Waals surface area contributed by atoms with Crippen LogP contribution in [-0.4, -0.2) is 50.5 Å². The standard InChI is InChI=1S/C30H35NO7/c1-6-16-30(2,29(33)34)38-24-13-11-22(12-14-24)21-9-7-20(8-10-21)15-17-31-28(32)23-18-25(35-3)27(37-5)26(19-23)36-4/h7-14,18-19H,6,15-17H2,1-5H3,(H,31,32)(H,33,34). The molecule has 0 saturated carbocycles. The van der Waals surface area contributed by atoms with Crippen molar-refractivity contribution >= 4 is 11.9 Å². The summed E-state index contributed by atoms with van der Waals surface area (Å²) in [6.45, 7) is 3.99. The third-order valence-electron chi connectivity index (χ3n) is 6.29. The molecule has 0 bridgehead atoms. The first-order valence-electron chi connectivity index (χ1n) is 12.4.